The Balaban J connectivity index is 2.92. The Bertz CT molecular complexity index is 346. The van der Waals surface area contributed by atoms with Crippen LogP contribution in [-0.2, 0) is 0 Å². The van der Waals surface area contributed by atoms with Crippen molar-refractivity contribution in [3.63, 3.8) is 0 Å². The zero-order chi connectivity index (χ0) is 9.68. The summed E-state index contributed by atoms with van der Waals surface area (Å²) in [7, 11) is 0. The van der Waals surface area contributed by atoms with Crippen molar-refractivity contribution in [2.45, 2.75) is 0 Å². The lowest BCUT2D eigenvalue weighted by molar-refractivity contribution is 1.46. The Morgan fingerprint density at radius 1 is 1.38 bits per heavy atom. The third-order valence-corrected chi connectivity index (χ3v) is 2.04. The normalized spacial score (nSPS) is 11.0. The summed E-state index contributed by atoms with van der Waals surface area (Å²) in [5, 5.41) is 9.30. The molecule has 0 heterocycles. The summed E-state index contributed by atoms with van der Waals surface area (Å²) < 4.78 is 0. The van der Waals surface area contributed by atoms with Crippen LogP contribution in [0.5, 0.6) is 0 Å². The number of hydrogen-bond donors (Lipinski definition) is 0. The minimum atomic E-state index is 0.235. The van der Waals surface area contributed by atoms with Crippen molar-refractivity contribution in [2.75, 3.05) is 5.88 Å². The smallest absolute Gasteiger partial charge is 0.0960 e. The van der Waals surface area contributed by atoms with Crippen LogP contribution in [0.25, 0.3) is 6.08 Å². The summed E-state index contributed by atoms with van der Waals surface area (Å²) in [5.74, 6) is 0.235. The molecular weight excluding hydrogens is 205 g/mol. The van der Waals surface area contributed by atoms with Gasteiger partial charge >= 0.3 is 0 Å². The number of nitriles is 1. The molecular formula is C10H7Cl2N. The maximum atomic E-state index is 8.61. The van der Waals surface area contributed by atoms with Gasteiger partial charge in [-0.1, -0.05) is 23.7 Å². The van der Waals surface area contributed by atoms with Gasteiger partial charge in [0, 0.05) is 10.6 Å². The molecule has 0 aliphatic carbocycles. The molecule has 0 radical (unpaired) electrons. The fraction of sp³-hybridized carbons (Fsp3) is 0.100. The fourth-order valence-electron chi connectivity index (χ4n) is 0.861. The molecule has 66 valence electrons. The van der Waals surface area contributed by atoms with Crippen molar-refractivity contribution >= 4 is 29.3 Å². The monoisotopic (exact) mass is 211 g/mol. The Kier molecular flexibility index (Phi) is 3.82. The highest BCUT2D eigenvalue weighted by Gasteiger charge is 1.93. The van der Waals surface area contributed by atoms with E-state index in [0.717, 1.165) is 5.56 Å². The molecule has 3 heteroatoms. The van der Waals surface area contributed by atoms with Crippen LogP contribution in [0, 0.1) is 11.3 Å². The van der Waals surface area contributed by atoms with Crippen LogP contribution in [0.2, 0.25) is 5.02 Å². The number of alkyl halides is 1. The molecule has 0 aromatic heterocycles. The zero-order valence-electron chi connectivity index (χ0n) is 6.80. The second-order valence-corrected chi connectivity index (χ2v) is 3.17. The molecule has 1 aromatic carbocycles. The summed E-state index contributed by atoms with van der Waals surface area (Å²) in [5.41, 5.74) is 1.48. The van der Waals surface area contributed by atoms with Crippen molar-refractivity contribution < 1.29 is 0 Å². The molecule has 0 saturated carbocycles. The molecule has 0 aliphatic heterocycles. The minimum absolute atomic E-state index is 0.235. The summed E-state index contributed by atoms with van der Waals surface area (Å²) in [6, 6.07) is 9.24. The predicted molar refractivity (Wildman–Crippen MR) is 55.8 cm³/mol. The van der Waals surface area contributed by atoms with Gasteiger partial charge in [0.15, 0.2) is 0 Å². The third kappa shape index (κ3) is 3.10. The maximum absolute atomic E-state index is 8.61. The average molecular weight is 212 g/mol. The summed E-state index contributed by atoms with van der Waals surface area (Å²) in [4.78, 5) is 0. The van der Waals surface area contributed by atoms with E-state index in [1.807, 2.05) is 18.2 Å². The highest BCUT2D eigenvalue weighted by Crippen LogP contribution is 2.12. The van der Waals surface area contributed by atoms with Crippen LogP contribution in [0.15, 0.2) is 29.8 Å². The molecule has 1 nitrogen and oxygen atoms in total. The number of nitrogens with zero attached hydrogens (tertiary/aromatic N) is 1. The zero-order valence-corrected chi connectivity index (χ0v) is 8.31. The quantitative estimate of drug-likeness (QED) is 0.543. The topological polar surface area (TPSA) is 23.8 Å². The van der Waals surface area contributed by atoms with Gasteiger partial charge in [-0.05, 0) is 23.8 Å². The first kappa shape index (κ1) is 10.1. The minimum Gasteiger partial charge on any atom is -0.193 e. The predicted octanol–water partition coefficient (Wildman–Crippen LogP) is 3.49. The Labute approximate surface area is 87.2 Å². The van der Waals surface area contributed by atoms with Gasteiger partial charge in [0.05, 0.1) is 11.9 Å². The van der Waals surface area contributed by atoms with E-state index in [1.54, 1.807) is 18.2 Å². The van der Waals surface area contributed by atoms with E-state index in [-0.39, 0.29) is 5.88 Å². The van der Waals surface area contributed by atoms with Crippen molar-refractivity contribution in [3.8, 4) is 6.07 Å². The van der Waals surface area contributed by atoms with Gasteiger partial charge in [-0.15, -0.1) is 11.6 Å². The lowest BCUT2D eigenvalue weighted by atomic mass is 10.1. The molecule has 0 N–H and O–H groups in total. The molecule has 0 spiro atoms. The molecule has 0 bridgehead atoms. The molecule has 0 atom stereocenters. The third-order valence-electron chi connectivity index (χ3n) is 1.50. The van der Waals surface area contributed by atoms with E-state index in [2.05, 4.69) is 0 Å². The lowest BCUT2D eigenvalue weighted by Crippen LogP contribution is -1.80. The van der Waals surface area contributed by atoms with Crippen LogP contribution >= 0.6 is 23.2 Å². The van der Waals surface area contributed by atoms with Crippen LogP contribution in [0.4, 0.5) is 0 Å². The van der Waals surface area contributed by atoms with E-state index in [9.17, 15) is 0 Å². The average Bonchev–Trinajstić information content (AvgIpc) is 2.17. The van der Waals surface area contributed by atoms with Crippen molar-refractivity contribution in [2.24, 2.45) is 0 Å². The first-order valence-electron chi connectivity index (χ1n) is 3.68. The largest absolute Gasteiger partial charge is 0.193 e. The number of rotatable bonds is 2. The second kappa shape index (κ2) is 4.91. The standard InChI is InChI=1S/C10H7Cl2N/c11-6-9(7-13)5-8-1-3-10(12)4-2-8/h1-5H,6H2/b9-5-. The first-order valence-corrected chi connectivity index (χ1v) is 4.59. The molecule has 0 fully saturated rings. The SMILES string of the molecule is N#C/C(=C\c1ccc(Cl)cc1)CCl. The van der Waals surface area contributed by atoms with E-state index >= 15 is 0 Å². The molecule has 0 saturated heterocycles. The number of halogens is 2. The summed E-state index contributed by atoms with van der Waals surface area (Å²) in [6.07, 6.45) is 1.74. The first-order chi connectivity index (χ1) is 6.26. The van der Waals surface area contributed by atoms with E-state index in [1.165, 1.54) is 0 Å². The van der Waals surface area contributed by atoms with Crippen LogP contribution in [0.3, 0.4) is 0 Å². The Hall–Kier alpha value is -0.970. The Morgan fingerprint density at radius 2 is 2.00 bits per heavy atom. The van der Waals surface area contributed by atoms with Crippen molar-refractivity contribution in [1.29, 1.82) is 5.26 Å². The van der Waals surface area contributed by atoms with Crippen LogP contribution < -0.4 is 0 Å². The van der Waals surface area contributed by atoms with Crippen LogP contribution in [-0.4, -0.2) is 5.88 Å². The lowest BCUT2D eigenvalue weighted by Gasteiger charge is -1.94. The van der Waals surface area contributed by atoms with Gasteiger partial charge in [-0.25, -0.2) is 0 Å². The molecule has 1 rings (SSSR count). The second-order valence-electron chi connectivity index (χ2n) is 2.47. The molecule has 1 aromatic rings. The van der Waals surface area contributed by atoms with E-state index in [0.29, 0.717) is 10.6 Å². The van der Waals surface area contributed by atoms with Gasteiger partial charge in [-0.3, -0.25) is 0 Å². The van der Waals surface area contributed by atoms with Crippen molar-refractivity contribution in [1.82, 2.24) is 0 Å². The van der Waals surface area contributed by atoms with Gasteiger partial charge in [0.1, 0.15) is 0 Å². The molecule has 0 amide bonds. The highest BCUT2D eigenvalue weighted by molar-refractivity contribution is 6.30. The van der Waals surface area contributed by atoms with Crippen molar-refractivity contribution in [3.05, 3.63) is 40.4 Å². The number of benzene rings is 1. The van der Waals surface area contributed by atoms with Gasteiger partial charge in [0.2, 0.25) is 0 Å². The highest BCUT2D eigenvalue weighted by atomic mass is 35.5. The van der Waals surface area contributed by atoms with E-state index in [4.69, 9.17) is 28.5 Å². The summed E-state index contributed by atoms with van der Waals surface area (Å²) in [6.45, 7) is 0. The van der Waals surface area contributed by atoms with Gasteiger partial charge < -0.3 is 0 Å². The Morgan fingerprint density at radius 3 is 2.46 bits per heavy atom. The molecule has 13 heavy (non-hydrogen) atoms. The molecule has 0 aliphatic rings. The fourth-order valence-corrected chi connectivity index (χ4v) is 1.12. The maximum Gasteiger partial charge on any atom is 0.0960 e. The van der Waals surface area contributed by atoms with E-state index < -0.39 is 0 Å². The molecule has 0 unspecified atom stereocenters. The van der Waals surface area contributed by atoms with Gasteiger partial charge in [-0.2, -0.15) is 5.26 Å². The van der Waals surface area contributed by atoms with Gasteiger partial charge in [0.25, 0.3) is 0 Å². The summed E-state index contributed by atoms with van der Waals surface area (Å²) >= 11 is 11.2. The number of hydrogen-bond acceptors (Lipinski definition) is 1. The number of allylic oxidation sites excluding steroid dienone is 1. The van der Waals surface area contributed by atoms with Crippen LogP contribution in [0.1, 0.15) is 5.56 Å².